The molecule has 0 radical (unpaired) electrons. The van der Waals surface area contributed by atoms with Gasteiger partial charge in [0.1, 0.15) is 10.8 Å². The molecule has 1 aliphatic carbocycles. The largest absolute Gasteiger partial charge is 0.389 e. The number of hydrogen-bond acceptors (Lipinski definition) is 3. The van der Waals surface area contributed by atoms with Crippen molar-refractivity contribution in [1.29, 1.82) is 0 Å². The van der Waals surface area contributed by atoms with Crippen LogP contribution in [0.2, 0.25) is 0 Å². The van der Waals surface area contributed by atoms with E-state index in [-0.39, 0.29) is 22.2 Å². The van der Waals surface area contributed by atoms with E-state index in [4.69, 9.17) is 18.0 Å². The third-order valence-corrected chi connectivity index (χ3v) is 3.95. The van der Waals surface area contributed by atoms with Crippen LogP contribution in [0.25, 0.3) is 0 Å². The highest BCUT2D eigenvalue weighted by Gasteiger charge is 2.39. The SMILES string of the molecule is CC1(C)CCCC1C(=O)Nc1[nH]ncc1C(N)=S. The molecule has 0 saturated heterocycles. The zero-order chi connectivity index (χ0) is 13.3. The van der Waals surface area contributed by atoms with Crippen LogP contribution < -0.4 is 11.1 Å². The Morgan fingerprint density at radius 2 is 2.39 bits per heavy atom. The highest BCUT2D eigenvalue weighted by Crippen LogP contribution is 2.43. The number of aromatic nitrogens is 2. The predicted octanol–water partition coefficient (Wildman–Crippen LogP) is 1.81. The van der Waals surface area contributed by atoms with Gasteiger partial charge in [-0.1, -0.05) is 32.5 Å². The van der Waals surface area contributed by atoms with Crippen molar-refractivity contribution in [2.75, 3.05) is 5.32 Å². The molecule has 98 valence electrons. The molecule has 1 aromatic heterocycles. The second-order valence-electron chi connectivity index (χ2n) is 5.45. The molecule has 1 amide bonds. The van der Waals surface area contributed by atoms with Gasteiger partial charge in [-0.15, -0.1) is 0 Å². The summed E-state index contributed by atoms with van der Waals surface area (Å²) in [6.45, 7) is 4.26. The van der Waals surface area contributed by atoms with Crippen LogP contribution in [0.4, 0.5) is 5.82 Å². The van der Waals surface area contributed by atoms with Crippen LogP contribution in [0, 0.1) is 11.3 Å². The van der Waals surface area contributed by atoms with Crippen LogP contribution >= 0.6 is 12.2 Å². The normalized spacial score (nSPS) is 21.8. The number of H-pyrrole nitrogens is 1. The van der Waals surface area contributed by atoms with E-state index in [0.717, 1.165) is 19.3 Å². The van der Waals surface area contributed by atoms with Gasteiger partial charge in [0.2, 0.25) is 5.91 Å². The number of hydrogen-bond donors (Lipinski definition) is 3. The zero-order valence-electron chi connectivity index (χ0n) is 10.6. The van der Waals surface area contributed by atoms with Gasteiger partial charge in [-0.05, 0) is 18.3 Å². The van der Waals surface area contributed by atoms with Crippen LogP contribution in [0.5, 0.6) is 0 Å². The van der Waals surface area contributed by atoms with Crippen molar-refractivity contribution < 1.29 is 4.79 Å². The number of thiocarbonyl (C=S) groups is 1. The third-order valence-electron chi connectivity index (χ3n) is 3.73. The Hall–Kier alpha value is -1.43. The van der Waals surface area contributed by atoms with Crippen molar-refractivity contribution in [2.45, 2.75) is 33.1 Å². The van der Waals surface area contributed by atoms with Crippen molar-refractivity contribution in [3.05, 3.63) is 11.8 Å². The molecular weight excluding hydrogens is 248 g/mol. The van der Waals surface area contributed by atoms with Gasteiger partial charge in [0.05, 0.1) is 11.8 Å². The first-order valence-corrected chi connectivity index (χ1v) is 6.46. The van der Waals surface area contributed by atoms with Crippen molar-refractivity contribution in [3.63, 3.8) is 0 Å². The first-order valence-electron chi connectivity index (χ1n) is 6.06. The lowest BCUT2D eigenvalue weighted by Gasteiger charge is -2.25. The van der Waals surface area contributed by atoms with E-state index < -0.39 is 0 Å². The van der Waals surface area contributed by atoms with Gasteiger partial charge in [-0.25, -0.2) is 0 Å². The lowest BCUT2D eigenvalue weighted by molar-refractivity contribution is -0.122. The van der Waals surface area contributed by atoms with E-state index in [1.807, 2.05) is 0 Å². The van der Waals surface area contributed by atoms with E-state index in [2.05, 4.69) is 29.4 Å². The van der Waals surface area contributed by atoms with Gasteiger partial charge in [-0.2, -0.15) is 5.10 Å². The molecule has 1 aliphatic rings. The summed E-state index contributed by atoms with van der Waals surface area (Å²) in [7, 11) is 0. The first-order chi connectivity index (χ1) is 8.42. The molecule has 2 rings (SSSR count). The monoisotopic (exact) mass is 266 g/mol. The smallest absolute Gasteiger partial charge is 0.229 e. The Labute approximate surface area is 112 Å². The Balaban J connectivity index is 2.12. The van der Waals surface area contributed by atoms with Crippen LogP contribution in [0.15, 0.2) is 6.20 Å². The Morgan fingerprint density at radius 3 is 2.94 bits per heavy atom. The van der Waals surface area contributed by atoms with Crippen LogP contribution in [0.1, 0.15) is 38.7 Å². The minimum absolute atomic E-state index is 0.0132. The second-order valence-corrected chi connectivity index (χ2v) is 5.89. The van der Waals surface area contributed by atoms with Crippen molar-refractivity contribution >= 4 is 28.9 Å². The number of nitrogens with two attached hydrogens (primary N) is 1. The summed E-state index contributed by atoms with van der Waals surface area (Å²) in [6, 6.07) is 0. The molecular formula is C12H18N4OS. The highest BCUT2D eigenvalue weighted by molar-refractivity contribution is 7.80. The van der Waals surface area contributed by atoms with Gasteiger partial charge >= 0.3 is 0 Å². The van der Waals surface area contributed by atoms with Gasteiger partial charge in [0.25, 0.3) is 0 Å². The summed E-state index contributed by atoms with van der Waals surface area (Å²) >= 11 is 4.90. The molecule has 0 spiro atoms. The molecule has 1 aromatic rings. The Morgan fingerprint density at radius 1 is 1.67 bits per heavy atom. The molecule has 4 N–H and O–H groups in total. The zero-order valence-corrected chi connectivity index (χ0v) is 11.4. The summed E-state index contributed by atoms with van der Waals surface area (Å²) < 4.78 is 0. The van der Waals surface area contributed by atoms with E-state index in [0.29, 0.717) is 11.4 Å². The summed E-state index contributed by atoms with van der Waals surface area (Å²) in [5, 5.41) is 9.42. The van der Waals surface area contributed by atoms with Gasteiger partial charge in [-0.3, -0.25) is 9.89 Å². The van der Waals surface area contributed by atoms with Gasteiger partial charge in [0, 0.05) is 5.92 Å². The van der Waals surface area contributed by atoms with Crippen molar-refractivity contribution in [3.8, 4) is 0 Å². The number of carbonyl (C=O) groups excluding carboxylic acids is 1. The summed E-state index contributed by atoms with van der Waals surface area (Å²) in [4.78, 5) is 12.5. The minimum Gasteiger partial charge on any atom is -0.389 e. The summed E-state index contributed by atoms with van der Waals surface area (Å²) in [5.41, 5.74) is 6.19. The average Bonchev–Trinajstić information content (AvgIpc) is 2.83. The summed E-state index contributed by atoms with van der Waals surface area (Å²) in [5.74, 6) is 0.537. The number of amides is 1. The maximum absolute atomic E-state index is 12.3. The predicted molar refractivity (Wildman–Crippen MR) is 74.2 cm³/mol. The first kappa shape index (κ1) is 13.0. The number of nitrogens with zero attached hydrogens (tertiary/aromatic N) is 1. The molecule has 0 aromatic carbocycles. The van der Waals surface area contributed by atoms with E-state index in [1.165, 1.54) is 6.20 Å². The number of aromatic amines is 1. The van der Waals surface area contributed by atoms with E-state index in [1.54, 1.807) is 0 Å². The molecule has 6 heteroatoms. The fourth-order valence-electron chi connectivity index (χ4n) is 2.59. The molecule has 1 atom stereocenters. The quantitative estimate of drug-likeness (QED) is 0.728. The third kappa shape index (κ3) is 2.38. The molecule has 0 aliphatic heterocycles. The maximum atomic E-state index is 12.3. The van der Waals surface area contributed by atoms with Gasteiger partial charge in [0.15, 0.2) is 0 Å². The average molecular weight is 266 g/mol. The second kappa shape index (κ2) is 4.68. The molecule has 5 nitrogen and oxygen atoms in total. The maximum Gasteiger partial charge on any atom is 0.229 e. The minimum atomic E-state index is 0.0132. The standard InChI is InChI=1S/C12H18N4OS/c1-12(2)5-3-4-8(12)11(17)15-10-7(9(13)18)6-14-16-10/h6,8H,3-5H2,1-2H3,(H2,13,18)(H2,14,15,16,17). The fraction of sp³-hybridized carbons (Fsp3) is 0.583. The molecule has 0 bridgehead atoms. The van der Waals surface area contributed by atoms with Crippen molar-refractivity contribution in [2.24, 2.45) is 17.1 Å². The highest BCUT2D eigenvalue weighted by atomic mass is 32.1. The fourth-order valence-corrected chi connectivity index (χ4v) is 2.75. The number of nitrogens with one attached hydrogen (secondary N) is 2. The lowest BCUT2D eigenvalue weighted by Crippen LogP contribution is -2.31. The van der Waals surface area contributed by atoms with Gasteiger partial charge < -0.3 is 11.1 Å². The molecule has 1 unspecified atom stereocenters. The number of anilines is 1. The molecule has 1 heterocycles. The van der Waals surface area contributed by atoms with Crippen LogP contribution in [-0.2, 0) is 4.79 Å². The molecule has 18 heavy (non-hydrogen) atoms. The van der Waals surface area contributed by atoms with Crippen molar-refractivity contribution in [1.82, 2.24) is 10.2 Å². The topological polar surface area (TPSA) is 83.8 Å². The van der Waals surface area contributed by atoms with E-state index in [9.17, 15) is 4.79 Å². The Bertz CT molecular complexity index is 480. The summed E-state index contributed by atoms with van der Waals surface area (Å²) in [6.07, 6.45) is 4.62. The van der Waals surface area contributed by atoms with Crippen LogP contribution in [-0.4, -0.2) is 21.1 Å². The number of rotatable bonds is 3. The molecule has 1 saturated carbocycles. The number of carbonyl (C=O) groups is 1. The van der Waals surface area contributed by atoms with E-state index >= 15 is 0 Å². The molecule has 1 fully saturated rings. The Kier molecular flexibility index (Phi) is 3.38. The van der Waals surface area contributed by atoms with Crippen LogP contribution in [0.3, 0.4) is 0 Å². The lowest BCUT2D eigenvalue weighted by atomic mass is 9.81.